The summed E-state index contributed by atoms with van der Waals surface area (Å²) in [7, 11) is 0. The number of carbonyl (C=O) groups excluding carboxylic acids is 1. The fourth-order valence-electron chi connectivity index (χ4n) is 1.64. The number of nitrogens with zero attached hydrogens (tertiary/aromatic N) is 1. The van der Waals surface area contributed by atoms with Crippen LogP contribution in [0.1, 0.15) is 28.9 Å². The number of anilines is 1. The number of ether oxygens (including phenoxy) is 2. The highest BCUT2D eigenvalue weighted by Gasteiger charge is 2.23. The first-order valence-electron chi connectivity index (χ1n) is 5.19. The SMILES string of the molecule is Cc1nsc(N)c1C(=O)OC1CCOCC1. The van der Waals surface area contributed by atoms with Gasteiger partial charge in [0.15, 0.2) is 0 Å². The Morgan fingerprint density at radius 1 is 1.56 bits per heavy atom. The van der Waals surface area contributed by atoms with Gasteiger partial charge in [0.1, 0.15) is 16.7 Å². The standard InChI is InChI=1S/C10H14N2O3S/c1-6-8(9(11)16-12-6)10(13)15-7-2-4-14-5-3-7/h7H,2-5,11H2,1H3. The molecule has 0 spiro atoms. The fraction of sp³-hybridized carbons (Fsp3) is 0.600. The van der Waals surface area contributed by atoms with E-state index in [2.05, 4.69) is 4.37 Å². The summed E-state index contributed by atoms with van der Waals surface area (Å²) < 4.78 is 14.6. The van der Waals surface area contributed by atoms with Gasteiger partial charge in [-0.1, -0.05) is 0 Å². The average Bonchev–Trinajstić information content (AvgIpc) is 2.60. The van der Waals surface area contributed by atoms with Gasteiger partial charge in [-0.3, -0.25) is 0 Å². The van der Waals surface area contributed by atoms with E-state index in [-0.39, 0.29) is 12.1 Å². The van der Waals surface area contributed by atoms with Crippen molar-refractivity contribution in [1.82, 2.24) is 4.37 Å². The molecule has 0 radical (unpaired) electrons. The molecule has 16 heavy (non-hydrogen) atoms. The number of hydrogen-bond acceptors (Lipinski definition) is 6. The molecule has 2 rings (SSSR count). The van der Waals surface area contributed by atoms with Crippen molar-refractivity contribution >= 4 is 22.5 Å². The Morgan fingerprint density at radius 3 is 2.81 bits per heavy atom. The summed E-state index contributed by atoms with van der Waals surface area (Å²) in [5.41, 5.74) is 6.73. The quantitative estimate of drug-likeness (QED) is 0.793. The molecular weight excluding hydrogens is 228 g/mol. The predicted molar refractivity (Wildman–Crippen MR) is 60.5 cm³/mol. The fourth-order valence-corrected chi connectivity index (χ4v) is 2.29. The maximum Gasteiger partial charge on any atom is 0.343 e. The topological polar surface area (TPSA) is 74.4 Å². The molecule has 1 aliphatic heterocycles. The normalized spacial score (nSPS) is 17.3. The highest BCUT2D eigenvalue weighted by Crippen LogP contribution is 2.23. The summed E-state index contributed by atoms with van der Waals surface area (Å²) >= 11 is 1.12. The first-order chi connectivity index (χ1) is 7.68. The highest BCUT2D eigenvalue weighted by atomic mass is 32.1. The van der Waals surface area contributed by atoms with Crippen LogP contribution in [0.4, 0.5) is 5.00 Å². The molecule has 0 unspecified atom stereocenters. The van der Waals surface area contributed by atoms with Crippen molar-refractivity contribution in [1.29, 1.82) is 0 Å². The van der Waals surface area contributed by atoms with E-state index < -0.39 is 0 Å². The van der Waals surface area contributed by atoms with Crippen LogP contribution in [-0.2, 0) is 9.47 Å². The number of nitrogen functional groups attached to an aromatic ring is 1. The molecule has 0 atom stereocenters. The highest BCUT2D eigenvalue weighted by molar-refractivity contribution is 7.10. The lowest BCUT2D eigenvalue weighted by atomic mass is 10.1. The maximum atomic E-state index is 11.8. The zero-order valence-electron chi connectivity index (χ0n) is 9.06. The van der Waals surface area contributed by atoms with E-state index in [1.807, 2.05) is 0 Å². The molecule has 1 aliphatic rings. The smallest absolute Gasteiger partial charge is 0.343 e. The Bertz CT molecular complexity index is 366. The van der Waals surface area contributed by atoms with Crippen LogP contribution in [0.3, 0.4) is 0 Å². The molecule has 0 bridgehead atoms. The lowest BCUT2D eigenvalue weighted by molar-refractivity contribution is -0.0158. The Labute approximate surface area is 97.7 Å². The van der Waals surface area contributed by atoms with E-state index in [1.165, 1.54) is 0 Å². The Hall–Kier alpha value is -1.14. The lowest BCUT2D eigenvalue weighted by Crippen LogP contribution is -2.26. The number of rotatable bonds is 2. The van der Waals surface area contributed by atoms with Crippen LogP contribution in [-0.4, -0.2) is 29.7 Å². The molecule has 1 aromatic heterocycles. The van der Waals surface area contributed by atoms with E-state index in [0.29, 0.717) is 29.5 Å². The molecule has 2 heterocycles. The summed E-state index contributed by atoms with van der Waals surface area (Å²) in [5, 5.41) is 0.426. The van der Waals surface area contributed by atoms with Gasteiger partial charge in [-0.2, -0.15) is 4.37 Å². The summed E-state index contributed by atoms with van der Waals surface area (Å²) in [6.07, 6.45) is 1.45. The van der Waals surface area contributed by atoms with Crippen LogP contribution < -0.4 is 5.73 Å². The van der Waals surface area contributed by atoms with E-state index in [9.17, 15) is 4.79 Å². The minimum atomic E-state index is -0.365. The van der Waals surface area contributed by atoms with Crippen molar-refractivity contribution in [3.63, 3.8) is 0 Å². The van der Waals surface area contributed by atoms with Gasteiger partial charge < -0.3 is 15.2 Å². The third-order valence-corrected chi connectivity index (χ3v) is 3.30. The second-order valence-corrected chi connectivity index (χ2v) is 4.53. The molecule has 88 valence electrons. The number of nitrogens with two attached hydrogens (primary N) is 1. The number of hydrogen-bond donors (Lipinski definition) is 1. The molecule has 0 aliphatic carbocycles. The molecule has 1 saturated heterocycles. The second kappa shape index (κ2) is 4.80. The van der Waals surface area contributed by atoms with E-state index in [4.69, 9.17) is 15.2 Å². The van der Waals surface area contributed by atoms with Crippen molar-refractivity contribution in [3.8, 4) is 0 Å². The van der Waals surface area contributed by atoms with Gasteiger partial charge in [0.05, 0.1) is 18.9 Å². The molecule has 0 saturated carbocycles. The molecule has 1 fully saturated rings. The monoisotopic (exact) mass is 242 g/mol. The van der Waals surface area contributed by atoms with Crippen molar-refractivity contribution in [2.75, 3.05) is 18.9 Å². The van der Waals surface area contributed by atoms with Crippen molar-refractivity contribution in [2.45, 2.75) is 25.9 Å². The predicted octanol–water partition coefficient (Wildman–Crippen LogP) is 1.37. The molecule has 0 amide bonds. The number of aromatic nitrogens is 1. The van der Waals surface area contributed by atoms with Crippen molar-refractivity contribution < 1.29 is 14.3 Å². The van der Waals surface area contributed by atoms with Crippen LogP contribution >= 0.6 is 11.5 Å². The largest absolute Gasteiger partial charge is 0.458 e. The van der Waals surface area contributed by atoms with Gasteiger partial charge >= 0.3 is 5.97 Å². The van der Waals surface area contributed by atoms with E-state index >= 15 is 0 Å². The first kappa shape index (κ1) is 11.3. The minimum absolute atomic E-state index is 0.0556. The molecular formula is C10H14N2O3S. The Morgan fingerprint density at radius 2 is 2.25 bits per heavy atom. The van der Waals surface area contributed by atoms with Gasteiger partial charge in [-0.05, 0) is 18.5 Å². The van der Waals surface area contributed by atoms with Crippen LogP contribution in [0, 0.1) is 6.92 Å². The van der Waals surface area contributed by atoms with Crippen molar-refractivity contribution in [2.24, 2.45) is 0 Å². The second-order valence-electron chi connectivity index (χ2n) is 3.72. The zero-order valence-corrected chi connectivity index (χ0v) is 9.88. The molecule has 0 aromatic carbocycles. The first-order valence-corrected chi connectivity index (χ1v) is 5.96. The van der Waals surface area contributed by atoms with Crippen LogP contribution in [0.25, 0.3) is 0 Å². The molecule has 6 heteroatoms. The third kappa shape index (κ3) is 2.33. The van der Waals surface area contributed by atoms with Gasteiger partial charge in [-0.15, -0.1) is 0 Å². The van der Waals surface area contributed by atoms with Gasteiger partial charge in [-0.25, -0.2) is 4.79 Å². The summed E-state index contributed by atoms with van der Waals surface area (Å²) in [6.45, 7) is 3.05. The number of aryl methyl sites for hydroxylation is 1. The summed E-state index contributed by atoms with van der Waals surface area (Å²) in [6, 6.07) is 0. The van der Waals surface area contributed by atoms with Crippen molar-refractivity contribution in [3.05, 3.63) is 11.3 Å². The maximum absolute atomic E-state index is 11.8. The average molecular weight is 242 g/mol. The molecule has 5 nitrogen and oxygen atoms in total. The molecule has 2 N–H and O–H groups in total. The number of carbonyl (C=O) groups is 1. The summed E-state index contributed by atoms with van der Waals surface area (Å²) in [5.74, 6) is -0.365. The minimum Gasteiger partial charge on any atom is -0.458 e. The van der Waals surface area contributed by atoms with E-state index in [1.54, 1.807) is 6.92 Å². The third-order valence-electron chi connectivity index (χ3n) is 2.54. The van der Waals surface area contributed by atoms with Gasteiger partial charge in [0.2, 0.25) is 0 Å². The Kier molecular flexibility index (Phi) is 3.40. The molecule has 1 aromatic rings. The van der Waals surface area contributed by atoms with Gasteiger partial charge in [0.25, 0.3) is 0 Å². The van der Waals surface area contributed by atoms with E-state index in [0.717, 1.165) is 24.4 Å². The lowest BCUT2D eigenvalue weighted by Gasteiger charge is -2.22. The van der Waals surface area contributed by atoms with Crippen LogP contribution in [0.2, 0.25) is 0 Å². The van der Waals surface area contributed by atoms with Crippen LogP contribution in [0.5, 0.6) is 0 Å². The summed E-state index contributed by atoms with van der Waals surface area (Å²) in [4.78, 5) is 11.8. The zero-order chi connectivity index (χ0) is 11.5. The van der Waals surface area contributed by atoms with Crippen LogP contribution in [0.15, 0.2) is 0 Å². The van der Waals surface area contributed by atoms with Gasteiger partial charge in [0, 0.05) is 12.8 Å². The number of esters is 1. The Balaban J connectivity index is 2.02.